The summed E-state index contributed by atoms with van der Waals surface area (Å²) in [7, 11) is 4.88. The summed E-state index contributed by atoms with van der Waals surface area (Å²) < 4.78 is 16.3. The normalized spacial score (nSPS) is 12.1. The van der Waals surface area contributed by atoms with Crippen LogP contribution in [0.15, 0.2) is 18.2 Å². The van der Waals surface area contributed by atoms with E-state index in [-0.39, 0.29) is 4.83 Å². The van der Waals surface area contributed by atoms with Crippen molar-refractivity contribution in [1.29, 1.82) is 0 Å². The van der Waals surface area contributed by atoms with Crippen LogP contribution in [0.5, 0.6) is 17.2 Å². The molecule has 2 aromatic rings. The van der Waals surface area contributed by atoms with Crippen LogP contribution in [0.25, 0.3) is 0 Å². The molecule has 21 heavy (non-hydrogen) atoms. The van der Waals surface area contributed by atoms with Gasteiger partial charge in [0.2, 0.25) is 5.75 Å². The third-order valence-corrected chi connectivity index (χ3v) is 5.95. The molecule has 1 unspecified atom stereocenters. The molecule has 3 nitrogen and oxygen atoms in total. The van der Waals surface area contributed by atoms with Crippen molar-refractivity contribution in [3.05, 3.63) is 39.1 Å². The number of aryl methyl sites for hydroxylation is 2. The number of hydrogen-bond acceptors (Lipinski definition) is 4. The number of methoxy groups -OCH3 is 3. The van der Waals surface area contributed by atoms with E-state index in [0.717, 1.165) is 5.56 Å². The second-order valence-corrected chi connectivity index (χ2v) is 6.88. The molecule has 1 atom stereocenters. The van der Waals surface area contributed by atoms with Crippen LogP contribution >= 0.6 is 27.3 Å². The number of alkyl halides is 1. The van der Waals surface area contributed by atoms with Gasteiger partial charge >= 0.3 is 0 Å². The molecule has 0 aliphatic heterocycles. The van der Waals surface area contributed by atoms with Crippen LogP contribution in [0.4, 0.5) is 0 Å². The largest absolute Gasteiger partial charge is 0.493 e. The summed E-state index contributed by atoms with van der Waals surface area (Å²) in [5.41, 5.74) is 2.33. The van der Waals surface area contributed by atoms with Gasteiger partial charge in [0, 0.05) is 15.3 Å². The van der Waals surface area contributed by atoms with E-state index in [1.165, 1.54) is 15.3 Å². The molecule has 0 bridgehead atoms. The van der Waals surface area contributed by atoms with Gasteiger partial charge < -0.3 is 14.2 Å². The lowest BCUT2D eigenvalue weighted by molar-refractivity contribution is 0.322. The van der Waals surface area contributed by atoms with Gasteiger partial charge in [-0.2, -0.15) is 0 Å². The fourth-order valence-electron chi connectivity index (χ4n) is 2.20. The topological polar surface area (TPSA) is 27.7 Å². The Hall–Kier alpha value is -1.20. The minimum absolute atomic E-state index is 0.0599. The Labute approximate surface area is 138 Å². The van der Waals surface area contributed by atoms with E-state index >= 15 is 0 Å². The zero-order valence-corrected chi connectivity index (χ0v) is 15.2. The van der Waals surface area contributed by atoms with Gasteiger partial charge in [0.25, 0.3) is 0 Å². The van der Waals surface area contributed by atoms with Crippen molar-refractivity contribution < 1.29 is 14.2 Å². The molecule has 0 fully saturated rings. The maximum Gasteiger partial charge on any atom is 0.203 e. The summed E-state index contributed by atoms with van der Waals surface area (Å²) in [5, 5.41) is 0. The maximum atomic E-state index is 5.56. The van der Waals surface area contributed by atoms with Gasteiger partial charge in [0.05, 0.1) is 26.2 Å². The first-order valence-corrected chi connectivity index (χ1v) is 8.26. The molecule has 0 aliphatic carbocycles. The van der Waals surface area contributed by atoms with Crippen molar-refractivity contribution in [2.75, 3.05) is 21.3 Å². The van der Waals surface area contributed by atoms with E-state index in [4.69, 9.17) is 14.2 Å². The van der Waals surface area contributed by atoms with Crippen LogP contribution in [0.3, 0.4) is 0 Å². The summed E-state index contributed by atoms with van der Waals surface area (Å²) in [6.07, 6.45) is 0. The first-order valence-electron chi connectivity index (χ1n) is 6.53. The molecule has 0 aliphatic rings. The summed E-state index contributed by atoms with van der Waals surface area (Å²) in [6.45, 7) is 4.26. The highest BCUT2D eigenvalue weighted by Gasteiger charge is 2.23. The number of hydrogen-bond donors (Lipinski definition) is 0. The number of thiophene rings is 1. The van der Waals surface area contributed by atoms with E-state index in [2.05, 4.69) is 35.8 Å². The Morgan fingerprint density at radius 2 is 1.67 bits per heavy atom. The Morgan fingerprint density at radius 3 is 2.14 bits per heavy atom. The van der Waals surface area contributed by atoms with Crippen molar-refractivity contribution in [3.63, 3.8) is 0 Å². The molecule has 0 N–H and O–H groups in total. The van der Waals surface area contributed by atoms with Gasteiger partial charge in [0.15, 0.2) is 11.5 Å². The van der Waals surface area contributed by atoms with E-state index in [1.54, 1.807) is 32.7 Å². The molecule has 1 heterocycles. The Bertz CT molecular complexity index is 617. The van der Waals surface area contributed by atoms with Crippen molar-refractivity contribution >= 4 is 27.3 Å². The fraction of sp³-hybridized carbons (Fsp3) is 0.375. The van der Waals surface area contributed by atoms with Crippen LogP contribution in [0.2, 0.25) is 0 Å². The highest BCUT2D eigenvalue weighted by atomic mass is 79.9. The van der Waals surface area contributed by atoms with Crippen molar-refractivity contribution in [2.24, 2.45) is 0 Å². The summed E-state index contributed by atoms with van der Waals surface area (Å²) in [6, 6.07) is 6.11. The monoisotopic (exact) mass is 370 g/mol. The smallest absolute Gasteiger partial charge is 0.203 e. The Kier molecular flexibility index (Phi) is 5.17. The van der Waals surface area contributed by atoms with Gasteiger partial charge in [0.1, 0.15) is 0 Å². The molecule has 0 saturated carbocycles. The second-order valence-electron chi connectivity index (χ2n) is 4.67. The third-order valence-electron chi connectivity index (χ3n) is 3.44. The van der Waals surface area contributed by atoms with E-state index < -0.39 is 0 Å². The van der Waals surface area contributed by atoms with E-state index in [9.17, 15) is 0 Å². The molecule has 0 spiro atoms. The van der Waals surface area contributed by atoms with Crippen LogP contribution in [-0.4, -0.2) is 21.3 Å². The summed E-state index contributed by atoms with van der Waals surface area (Å²) >= 11 is 5.56. The number of ether oxygens (including phenoxy) is 3. The van der Waals surface area contributed by atoms with Crippen LogP contribution in [-0.2, 0) is 0 Å². The Morgan fingerprint density at radius 1 is 1.00 bits per heavy atom. The molecule has 0 amide bonds. The quantitative estimate of drug-likeness (QED) is 0.702. The Balaban J connectivity index is 2.52. The molecule has 1 aromatic carbocycles. The number of benzene rings is 1. The van der Waals surface area contributed by atoms with Crippen LogP contribution in [0, 0.1) is 13.8 Å². The highest BCUT2D eigenvalue weighted by Crippen LogP contribution is 2.47. The van der Waals surface area contributed by atoms with Gasteiger partial charge in [-0.25, -0.2) is 0 Å². The molecule has 0 saturated heterocycles. The average molecular weight is 371 g/mol. The van der Waals surface area contributed by atoms with Crippen LogP contribution in [0.1, 0.15) is 25.7 Å². The minimum Gasteiger partial charge on any atom is -0.493 e. The van der Waals surface area contributed by atoms with Crippen molar-refractivity contribution in [2.45, 2.75) is 18.7 Å². The van der Waals surface area contributed by atoms with Crippen molar-refractivity contribution in [3.8, 4) is 17.2 Å². The second kappa shape index (κ2) is 6.71. The lowest BCUT2D eigenvalue weighted by atomic mass is 10.1. The average Bonchev–Trinajstić information content (AvgIpc) is 2.84. The molecular weight excluding hydrogens is 352 g/mol. The zero-order valence-electron chi connectivity index (χ0n) is 12.8. The summed E-state index contributed by atoms with van der Waals surface area (Å²) in [5.74, 6) is 1.98. The predicted octanol–water partition coefficient (Wildman–Crippen LogP) is 4.88. The highest BCUT2D eigenvalue weighted by molar-refractivity contribution is 9.09. The molecule has 0 radical (unpaired) electrons. The van der Waals surface area contributed by atoms with E-state index in [0.29, 0.717) is 17.2 Å². The molecule has 2 rings (SSSR count). The molecular formula is C16H19BrO3S. The SMILES string of the molecule is COc1ccc(C(Br)c2cc(C)c(C)s2)c(OC)c1OC. The predicted molar refractivity (Wildman–Crippen MR) is 90.7 cm³/mol. The lowest BCUT2D eigenvalue weighted by Crippen LogP contribution is -2.00. The third kappa shape index (κ3) is 3.04. The molecule has 5 heteroatoms. The van der Waals surface area contributed by atoms with Gasteiger partial charge in [-0.15, -0.1) is 11.3 Å². The first-order chi connectivity index (χ1) is 10.0. The number of rotatable bonds is 5. The molecule has 114 valence electrons. The minimum atomic E-state index is 0.0599. The van der Waals surface area contributed by atoms with Crippen LogP contribution < -0.4 is 14.2 Å². The summed E-state index contributed by atoms with van der Waals surface area (Å²) in [4.78, 5) is 2.63. The first kappa shape index (κ1) is 16.2. The number of halogens is 1. The van der Waals surface area contributed by atoms with Gasteiger partial charge in [-0.05, 0) is 37.6 Å². The van der Waals surface area contributed by atoms with Gasteiger partial charge in [-0.3, -0.25) is 0 Å². The van der Waals surface area contributed by atoms with E-state index in [1.807, 2.05) is 12.1 Å². The van der Waals surface area contributed by atoms with Gasteiger partial charge in [-0.1, -0.05) is 15.9 Å². The van der Waals surface area contributed by atoms with Crippen molar-refractivity contribution in [1.82, 2.24) is 0 Å². The fourth-order valence-corrected chi connectivity index (χ4v) is 4.02. The standard InChI is InChI=1S/C16H19BrO3S/c1-9-8-13(21-10(9)2)14(17)11-6-7-12(18-3)16(20-5)15(11)19-4/h6-8,14H,1-5H3. The molecule has 1 aromatic heterocycles. The lowest BCUT2D eigenvalue weighted by Gasteiger charge is -2.18. The zero-order chi connectivity index (χ0) is 15.6. The maximum absolute atomic E-state index is 5.56.